The zero-order valence-corrected chi connectivity index (χ0v) is 25.6. The van der Waals surface area contributed by atoms with Gasteiger partial charge in [0.25, 0.3) is 18.2 Å². The largest absolute Gasteiger partial charge is 0.390 e. The van der Waals surface area contributed by atoms with E-state index in [2.05, 4.69) is 10.3 Å². The Balaban J connectivity index is 1.26. The Morgan fingerprint density at radius 3 is 2.23 bits per heavy atom. The molecule has 3 heterocycles. The molecule has 0 saturated carbocycles. The summed E-state index contributed by atoms with van der Waals surface area (Å²) in [6.45, 7) is 6.34. The number of carbonyl (C=O) groups excluding carboxylic acids is 2. The molecule has 0 aromatic heterocycles. The van der Waals surface area contributed by atoms with Crippen LogP contribution in [-0.2, 0) is 14.8 Å². The fourth-order valence-corrected chi connectivity index (χ4v) is 7.10. The third-order valence-electron chi connectivity index (χ3n) is 8.77. The summed E-state index contributed by atoms with van der Waals surface area (Å²) in [7, 11) is -3.86. The first-order chi connectivity index (χ1) is 20.6. The Morgan fingerprint density at radius 2 is 1.66 bits per heavy atom. The number of nitrogens with one attached hydrogen (secondary N) is 1. The summed E-state index contributed by atoms with van der Waals surface area (Å²) in [4.78, 5) is 32.1. The molecule has 0 unspecified atom stereocenters. The standard InChI is InChI=1S/C31H35F3N4O5S/c1-19-16-22(28(39)37-11-7-30(3,41)8-12-37)17-20(2)23(19)6-15-44(42,43)38-13-9-31(10-14-38)29(40)35-27(36-31)21-4-5-24(26(33)34)25(32)18-21/h4-6,15-18,26,41H,7-14H2,1-3H3,(H,35,36,40). The number of likely N-dealkylation sites (tertiary alicyclic amines) is 1. The molecule has 2 aromatic carbocycles. The molecule has 5 rings (SSSR count). The molecule has 3 aliphatic rings. The van der Waals surface area contributed by atoms with Gasteiger partial charge in [-0.2, -0.15) is 4.31 Å². The fourth-order valence-electron chi connectivity index (χ4n) is 5.93. The molecule has 0 atom stereocenters. The third kappa shape index (κ3) is 6.31. The summed E-state index contributed by atoms with van der Waals surface area (Å²) in [5.41, 5.74) is 0.0575. The smallest absolute Gasteiger partial charge is 0.266 e. The van der Waals surface area contributed by atoms with Crippen molar-refractivity contribution in [1.82, 2.24) is 14.5 Å². The maximum absolute atomic E-state index is 14.1. The summed E-state index contributed by atoms with van der Waals surface area (Å²) < 4.78 is 67.7. The second-order valence-corrected chi connectivity index (χ2v) is 13.9. The van der Waals surface area contributed by atoms with Crippen LogP contribution in [0.25, 0.3) is 6.08 Å². The lowest BCUT2D eigenvalue weighted by Gasteiger charge is -2.36. The van der Waals surface area contributed by atoms with Gasteiger partial charge in [-0.15, -0.1) is 0 Å². The van der Waals surface area contributed by atoms with E-state index in [4.69, 9.17) is 0 Å². The zero-order chi connectivity index (χ0) is 32.0. The van der Waals surface area contributed by atoms with Crippen LogP contribution in [0.5, 0.6) is 0 Å². The number of nitrogens with zero attached hydrogens (tertiary/aromatic N) is 3. The van der Waals surface area contributed by atoms with Gasteiger partial charge < -0.3 is 15.3 Å². The summed E-state index contributed by atoms with van der Waals surface area (Å²) >= 11 is 0. The number of hydrogen-bond donors (Lipinski definition) is 2. The first kappa shape index (κ1) is 31.9. The maximum atomic E-state index is 14.1. The molecule has 44 heavy (non-hydrogen) atoms. The van der Waals surface area contributed by atoms with E-state index < -0.39 is 44.9 Å². The molecule has 236 valence electrons. The average molecular weight is 633 g/mol. The van der Waals surface area contributed by atoms with Gasteiger partial charge in [0, 0.05) is 42.7 Å². The number of rotatable bonds is 6. The van der Waals surface area contributed by atoms with Gasteiger partial charge in [0.1, 0.15) is 17.2 Å². The zero-order valence-electron chi connectivity index (χ0n) is 24.7. The van der Waals surface area contributed by atoms with Crippen molar-refractivity contribution in [1.29, 1.82) is 0 Å². The van der Waals surface area contributed by atoms with Crippen molar-refractivity contribution in [3.8, 4) is 0 Å². The van der Waals surface area contributed by atoms with E-state index in [0.717, 1.165) is 28.7 Å². The van der Waals surface area contributed by atoms with Crippen LogP contribution < -0.4 is 5.32 Å². The van der Waals surface area contributed by atoms with Crippen molar-refractivity contribution in [3.05, 3.63) is 74.9 Å². The molecule has 0 aliphatic carbocycles. The minimum Gasteiger partial charge on any atom is -0.390 e. The number of aliphatic imine (C=N–C) groups is 1. The SMILES string of the molecule is Cc1cc(C(=O)N2CCC(C)(O)CC2)cc(C)c1C=CS(=O)(=O)N1CCC2(CC1)N=C(c1ccc(C(F)F)c(F)c1)NC2=O. The molecule has 0 radical (unpaired) electrons. The van der Waals surface area contributed by atoms with E-state index >= 15 is 0 Å². The predicted molar refractivity (Wildman–Crippen MR) is 159 cm³/mol. The average Bonchev–Trinajstić information content (AvgIpc) is 3.27. The Bertz CT molecular complexity index is 1630. The fraction of sp³-hybridized carbons (Fsp3) is 0.452. The van der Waals surface area contributed by atoms with Gasteiger partial charge in [-0.3, -0.25) is 14.6 Å². The number of hydrogen-bond acceptors (Lipinski definition) is 6. The predicted octanol–water partition coefficient (Wildman–Crippen LogP) is 4.08. The minimum atomic E-state index is -3.86. The molecule has 2 amide bonds. The van der Waals surface area contributed by atoms with Crippen molar-refractivity contribution in [2.24, 2.45) is 4.99 Å². The highest BCUT2D eigenvalue weighted by Gasteiger charge is 2.47. The van der Waals surface area contributed by atoms with Crippen LogP contribution >= 0.6 is 0 Å². The van der Waals surface area contributed by atoms with E-state index in [1.54, 1.807) is 24.0 Å². The van der Waals surface area contributed by atoms with Crippen LogP contribution in [0.3, 0.4) is 0 Å². The number of piperidine rings is 2. The third-order valence-corrected chi connectivity index (χ3v) is 10.3. The Hall–Kier alpha value is -3.55. The Morgan fingerprint density at radius 1 is 1.05 bits per heavy atom. The number of benzene rings is 2. The van der Waals surface area contributed by atoms with Gasteiger partial charge in [0.15, 0.2) is 0 Å². The van der Waals surface area contributed by atoms with Crippen LogP contribution in [-0.4, -0.2) is 77.7 Å². The van der Waals surface area contributed by atoms with Crippen molar-refractivity contribution < 1.29 is 36.3 Å². The van der Waals surface area contributed by atoms with Crippen molar-refractivity contribution in [3.63, 3.8) is 0 Å². The van der Waals surface area contributed by atoms with Gasteiger partial charge in [-0.05, 0) is 93.5 Å². The van der Waals surface area contributed by atoms with Crippen LogP contribution in [0, 0.1) is 19.7 Å². The number of aryl methyl sites for hydroxylation is 2. The number of sulfonamides is 1. The summed E-state index contributed by atoms with van der Waals surface area (Å²) in [6.07, 6.45) is -0.281. The lowest BCUT2D eigenvalue weighted by atomic mass is 9.89. The van der Waals surface area contributed by atoms with Gasteiger partial charge >= 0.3 is 0 Å². The number of carbonyl (C=O) groups is 2. The van der Waals surface area contributed by atoms with Crippen molar-refractivity contribution in [2.75, 3.05) is 26.2 Å². The highest BCUT2D eigenvalue weighted by molar-refractivity contribution is 7.92. The molecular weight excluding hydrogens is 597 g/mol. The van der Waals surface area contributed by atoms with Crippen molar-refractivity contribution >= 4 is 33.7 Å². The van der Waals surface area contributed by atoms with Crippen LogP contribution in [0.1, 0.15) is 77.2 Å². The Kier molecular flexibility index (Phi) is 8.51. The van der Waals surface area contributed by atoms with Crippen LogP contribution in [0.2, 0.25) is 0 Å². The molecule has 2 aromatic rings. The topological polar surface area (TPSA) is 119 Å². The molecule has 2 N–H and O–H groups in total. The first-order valence-corrected chi connectivity index (χ1v) is 15.9. The number of amides is 2. The lowest BCUT2D eigenvalue weighted by molar-refractivity contribution is -0.124. The molecule has 13 heteroatoms. The highest BCUT2D eigenvalue weighted by Crippen LogP contribution is 2.33. The normalized spacial score (nSPS) is 20.4. The molecule has 2 saturated heterocycles. The minimum absolute atomic E-state index is 0.0175. The van der Waals surface area contributed by atoms with Crippen molar-refractivity contribution in [2.45, 2.75) is 64.0 Å². The van der Waals surface area contributed by atoms with Crippen LogP contribution in [0.15, 0.2) is 40.7 Å². The van der Waals surface area contributed by atoms with E-state index in [1.165, 1.54) is 16.4 Å². The van der Waals surface area contributed by atoms with Crippen LogP contribution in [0.4, 0.5) is 13.2 Å². The van der Waals surface area contributed by atoms with Gasteiger partial charge in [0.05, 0.1) is 11.2 Å². The maximum Gasteiger partial charge on any atom is 0.266 e. The molecule has 1 spiro atoms. The molecule has 9 nitrogen and oxygen atoms in total. The number of halogens is 3. The Labute approximate surface area is 254 Å². The summed E-state index contributed by atoms with van der Waals surface area (Å²) in [6, 6.07) is 6.58. The van der Waals surface area contributed by atoms with Gasteiger partial charge in [-0.25, -0.2) is 21.6 Å². The van der Waals surface area contributed by atoms with E-state index in [9.17, 15) is 36.3 Å². The lowest BCUT2D eigenvalue weighted by Crippen LogP contribution is -2.50. The molecule has 2 fully saturated rings. The second-order valence-electron chi connectivity index (χ2n) is 12.0. The monoisotopic (exact) mass is 632 g/mol. The quantitative estimate of drug-likeness (QED) is 0.498. The first-order valence-electron chi connectivity index (χ1n) is 14.4. The van der Waals surface area contributed by atoms with Gasteiger partial charge in [0.2, 0.25) is 10.0 Å². The van der Waals surface area contributed by atoms with Gasteiger partial charge in [-0.1, -0.05) is 6.07 Å². The van der Waals surface area contributed by atoms with E-state index in [0.29, 0.717) is 37.1 Å². The second kappa shape index (κ2) is 11.8. The highest BCUT2D eigenvalue weighted by atomic mass is 32.2. The summed E-state index contributed by atoms with van der Waals surface area (Å²) in [5.74, 6) is -1.62. The molecular formula is C31H35F3N4O5S. The van der Waals surface area contributed by atoms with E-state index in [1.807, 2.05) is 13.8 Å². The molecule has 3 aliphatic heterocycles. The number of amidine groups is 1. The number of aliphatic hydroxyl groups is 1. The molecule has 0 bridgehead atoms. The summed E-state index contributed by atoms with van der Waals surface area (Å²) in [5, 5.41) is 13.9. The van der Waals surface area contributed by atoms with E-state index in [-0.39, 0.29) is 43.2 Å². The number of alkyl halides is 2.